The second-order valence-corrected chi connectivity index (χ2v) is 7.63. The lowest BCUT2D eigenvalue weighted by Gasteiger charge is -2.33. The van der Waals surface area contributed by atoms with Gasteiger partial charge in [-0.25, -0.2) is 4.79 Å². The van der Waals surface area contributed by atoms with Crippen LogP contribution in [-0.2, 0) is 4.79 Å². The maximum absolute atomic E-state index is 12.7. The minimum atomic E-state index is -0.133. The molecule has 6 nitrogen and oxygen atoms in total. The monoisotopic (exact) mass is 394 g/mol. The molecule has 27 heavy (non-hydrogen) atoms. The Morgan fingerprint density at radius 2 is 2.04 bits per heavy atom. The number of nitrogens with zero attached hydrogens (tertiary/aromatic N) is 1. The molecule has 1 aliphatic carbocycles. The number of piperidine rings is 1. The van der Waals surface area contributed by atoms with Crippen molar-refractivity contribution in [2.24, 2.45) is 17.6 Å². The molecule has 0 radical (unpaired) electrons. The molecule has 150 valence electrons. The van der Waals surface area contributed by atoms with Crippen LogP contribution in [-0.4, -0.2) is 42.5 Å². The van der Waals surface area contributed by atoms with Crippen LogP contribution in [0.15, 0.2) is 24.3 Å². The van der Waals surface area contributed by atoms with Gasteiger partial charge in [0, 0.05) is 24.8 Å². The Morgan fingerprint density at radius 3 is 2.78 bits per heavy atom. The number of halogens is 1. The van der Waals surface area contributed by atoms with Gasteiger partial charge in [-0.3, -0.25) is 4.79 Å². The average Bonchev–Trinajstić information content (AvgIpc) is 3.09. The van der Waals surface area contributed by atoms with Crippen molar-refractivity contribution in [3.63, 3.8) is 0 Å². The van der Waals surface area contributed by atoms with Gasteiger partial charge in [0.15, 0.2) is 0 Å². The van der Waals surface area contributed by atoms with Crippen LogP contribution in [0.1, 0.15) is 37.7 Å². The summed E-state index contributed by atoms with van der Waals surface area (Å²) in [7, 11) is 0. The minimum Gasteiger partial charge on any atom is -0.353 e. The van der Waals surface area contributed by atoms with Gasteiger partial charge >= 0.3 is 6.03 Å². The summed E-state index contributed by atoms with van der Waals surface area (Å²) in [4.78, 5) is 27.0. The van der Waals surface area contributed by atoms with Crippen molar-refractivity contribution < 1.29 is 9.59 Å². The highest BCUT2D eigenvalue weighted by Crippen LogP contribution is 2.26. The molecule has 1 aromatic rings. The van der Waals surface area contributed by atoms with Crippen molar-refractivity contribution in [3.8, 4) is 0 Å². The Morgan fingerprint density at radius 1 is 1.22 bits per heavy atom. The molecule has 1 aromatic carbocycles. The van der Waals surface area contributed by atoms with Crippen LogP contribution < -0.4 is 16.4 Å². The zero-order chi connectivity index (χ0) is 18.5. The Bertz CT molecular complexity index is 655. The van der Waals surface area contributed by atoms with E-state index in [0.29, 0.717) is 25.6 Å². The van der Waals surface area contributed by atoms with E-state index in [-0.39, 0.29) is 36.3 Å². The lowest BCUT2D eigenvalue weighted by molar-refractivity contribution is -0.127. The van der Waals surface area contributed by atoms with E-state index in [1.54, 1.807) is 4.90 Å². The second-order valence-electron chi connectivity index (χ2n) is 7.63. The fourth-order valence-electron chi connectivity index (χ4n) is 4.11. The van der Waals surface area contributed by atoms with Crippen LogP contribution in [0.5, 0.6) is 0 Å². The van der Waals surface area contributed by atoms with E-state index in [2.05, 4.69) is 10.6 Å². The molecule has 0 bridgehead atoms. The molecule has 3 amide bonds. The first-order valence-electron chi connectivity index (χ1n) is 9.70. The summed E-state index contributed by atoms with van der Waals surface area (Å²) >= 11 is 0. The molecule has 1 saturated heterocycles. The standard InChI is InChI=1S/C20H30N4O2.ClH/c1-14-5-2-8-17(11-14)22-20(26)24-10-4-7-16(13-24)19(25)23-18-9-3-6-15(18)12-21;/h2,5,8,11,15-16,18H,3-4,6-7,9-10,12-13,21H2,1H3,(H,22,26)(H,23,25);1H. The van der Waals surface area contributed by atoms with E-state index in [9.17, 15) is 9.59 Å². The van der Waals surface area contributed by atoms with Gasteiger partial charge in [0.2, 0.25) is 5.91 Å². The SMILES string of the molecule is Cc1cccc(NC(=O)N2CCCC(C(=O)NC3CCCC3CN)C2)c1.Cl. The van der Waals surface area contributed by atoms with Crippen molar-refractivity contribution in [3.05, 3.63) is 29.8 Å². The minimum absolute atomic E-state index is 0. The number of amides is 3. The molecule has 3 rings (SSSR count). The quantitative estimate of drug-likeness (QED) is 0.733. The number of nitrogens with two attached hydrogens (primary N) is 1. The highest BCUT2D eigenvalue weighted by Gasteiger charge is 2.32. The molecular weight excluding hydrogens is 364 g/mol. The van der Waals surface area contributed by atoms with Gasteiger partial charge < -0.3 is 21.3 Å². The highest BCUT2D eigenvalue weighted by molar-refractivity contribution is 5.90. The van der Waals surface area contributed by atoms with Crippen LogP contribution in [0.3, 0.4) is 0 Å². The Labute approximate surface area is 167 Å². The summed E-state index contributed by atoms with van der Waals surface area (Å²) in [5.74, 6) is 0.331. The van der Waals surface area contributed by atoms with Crippen LogP contribution in [0.4, 0.5) is 10.5 Å². The second kappa shape index (κ2) is 9.95. The largest absolute Gasteiger partial charge is 0.353 e. The molecular formula is C20H31ClN4O2. The predicted octanol–water partition coefficient (Wildman–Crippen LogP) is 2.90. The van der Waals surface area contributed by atoms with E-state index in [1.807, 2.05) is 31.2 Å². The summed E-state index contributed by atoms with van der Waals surface area (Å²) in [6, 6.07) is 7.81. The molecule has 3 atom stereocenters. The van der Waals surface area contributed by atoms with Crippen molar-refractivity contribution in [2.45, 2.75) is 45.1 Å². The number of likely N-dealkylation sites (tertiary alicyclic amines) is 1. The molecule has 0 aromatic heterocycles. The molecule has 3 unspecified atom stereocenters. The third-order valence-electron chi connectivity index (χ3n) is 5.64. The maximum atomic E-state index is 12.7. The summed E-state index contributed by atoms with van der Waals surface area (Å²) in [6.07, 6.45) is 4.92. The van der Waals surface area contributed by atoms with E-state index >= 15 is 0 Å². The number of hydrogen-bond donors (Lipinski definition) is 3. The van der Waals surface area contributed by atoms with Gasteiger partial charge in [0.1, 0.15) is 0 Å². The van der Waals surface area contributed by atoms with E-state index in [4.69, 9.17) is 5.73 Å². The van der Waals surface area contributed by atoms with Crippen LogP contribution >= 0.6 is 12.4 Å². The smallest absolute Gasteiger partial charge is 0.321 e. The van der Waals surface area contributed by atoms with Gasteiger partial charge in [0.05, 0.1) is 5.92 Å². The molecule has 2 aliphatic rings. The fraction of sp³-hybridized carbons (Fsp3) is 0.600. The normalized spacial score (nSPS) is 24.8. The number of aryl methyl sites for hydroxylation is 1. The van der Waals surface area contributed by atoms with Gasteiger partial charge in [-0.05, 0) is 62.8 Å². The summed E-state index contributed by atoms with van der Waals surface area (Å²) in [5.41, 5.74) is 7.70. The number of carbonyl (C=O) groups excluding carboxylic acids is 2. The van der Waals surface area contributed by atoms with Gasteiger partial charge in [-0.2, -0.15) is 0 Å². The van der Waals surface area contributed by atoms with Gasteiger partial charge in [-0.15, -0.1) is 12.4 Å². The zero-order valence-corrected chi connectivity index (χ0v) is 16.8. The van der Waals surface area contributed by atoms with E-state index < -0.39 is 0 Å². The van der Waals surface area contributed by atoms with Gasteiger partial charge in [0.25, 0.3) is 0 Å². The lowest BCUT2D eigenvalue weighted by Crippen LogP contribution is -2.49. The molecule has 2 fully saturated rings. The summed E-state index contributed by atoms with van der Waals surface area (Å²) in [5, 5.41) is 6.13. The molecule has 4 N–H and O–H groups in total. The third-order valence-corrected chi connectivity index (χ3v) is 5.64. The van der Waals surface area contributed by atoms with Gasteiger partial charge in [-0.1, -0.05) is 18.6 Å². The number of anilines is 1. The highest BCUT2D eigenvalue weighted by atomic mass is 35.5. The first-order valence-corrected chi connectivity index (χ1v) is 9.70. The van der Waals surface area contributed by atoms with Crippen molar-refractivity contribution in [2.75, 3.05) is 25.0 Å². The van der Waals surface area contributed by atoms with Crippen molar-refractivity contribution >= 4 is 30.0 Å². The van der Waals surface area contributed by atoms with Crippen molar-refractivity contribution in [1.29, 1.82) is 0 Å². The van der Waals surface area contributed by atoms with E-state index in [1.165, 1.54) is 0 Å². The molecule has 0 spiro atoms. The zero-order valence-electron chi connectivity index (χ0n) is 15.9. The van der Waals surface area contributed by atoms with Crippen LogP contribution in [0, 0.1) is 18.8 Å². The lowest BCUT2D eigenvalue weighted by atomic mass is 9.96. The number of nitrogens with one attached hydrogen (secondary N) is 2. The molecule has 7 heteroatoms. The topological polar surface area (TPSA) is 87.5 Å². The first-order chi connectivity index (χ1) is 12.6. The summed E-state index contributed by atoms with van der Waals surface area (Å²) in [6.45, 7) is 3.79. The Hall–Kier alpha value is -1.79. The number of benzene rings is 1. The number of rotatable bonds is 4. The predicted molar refractivity (Wildman–Crippen MR) is 110 cm³/mol. The number of urea groups is 1. The third kappa shape index (κ3) is 5.59. The Kier molecular flexibility index (Phi) is 7.92. The maximum Gasteiger partial charge on any atom is 0.321 e. The molecule has 1 aliphatic heterocycles. The Balaban J connectivity index is 0.00000261. The van der Waals surface area contributed by atoms with Crippen LogP contribution in [0.25, 0.3) is 0 Å². The average molecular weight is 395 g/mol. The molecule has 1 saturated carbocycles. The fourth-order valence-corrected chi connectivity index (χ4v) is 4.11. The first kappa shape index (κ1) is 21.5. The number of hydrogen-bond acceptors (Lipinski definition) is 3. The summed E-state index contributed by atoms with van der Waals surface area (Å²) < 4.78 is 0. The van der Waals surface area contributed by atoms with Crippen molar-refractivity contribution in [1.82, 2.24) is 10.2 Å². The number of carbonyl (C=O) groups is 2. The van der Waals surface area contributed by atoms with E-state index in [0.717, 1.165) is 43.4 Å². The molecule has 1 heterocycles. The van der Waals surface area contributed by atoms with Crippen LogP contribution in [0.2, 0.25) is 0 Å².